The summed E-state index contributed by atoms with van der Waals surface area (Å²) in [6.45, 7) is 0. The first-order valence-electron chi connectivity index (χ1n) is 6.05. The number of nitrogens with zero attached hydrogens (tertiary/aromatic N) is 1. The Morgan fingerprint density at radius 3 is 2.24 bits per heavy atom. The minimum Gasteiger partial charge on any atom is -0.493 e. The van der Waals surface area contributed by atoms with Gasteiger partial charge in [-0.2, -0.15) is 0 Å². The second kappa shape index (κ2) is 6.45. The molecule has 0 saturated heterocycles. The molecule has 0 bridgehead atoms. The van der Waals surface area contributed by atoms with Gasteiger partial charge in [-0.1, -0.05) is 0 Å². The number of rotatable bonds is 6. The molecule has 2 rings (SSSR count). The molecule has 112 valence electrons. The molecule has 0 atom stereocenters. The van der Waals surface area contributed by atoms with Crippen molar-refractivity contribution in [1.29, 1.82) is 0 Å². The molecular formula is C14H15NO5S. The Balaban J connectivity index is 2.32. The van der Waals surface area contributed by atoms with Crippen molar-refractivity contribution in [2.45, 2.75) is 6.42 Å². The fourth-order valence-electron chi connectivity index (χ4n) is 1.90. The second-order valence-electron chi connectivity index (χ2n) is 4.14. The van der Waals surface area contributed by atoms with Gasteiger partial charge in [-0.15, -0.1) is 11.3 Å². The molecule has 7 heteroatoms. The van der Waals surface area contributed by atoms with Gasteiger partial charge in [0.15, 0.2) is 17.2 Å². The third-order valence-corrected chi connectivity index (χ3v) is 3.70. The molecule has 0 amide bonds. The summed E-state index contributed by atoms with van der Waals surface area (Å²) in [5.74, 6) is 0.611. The molecule has 1 aromatic heterocycles. The van der Waals surface area contributed by atoms with Crippen molar-refractivity contribution < 1.29 is 24.1 Å². The fraction of sp³-hybridized carbons (Fsp3) is 0.286. The zero-order chi connectivity index (χ0) is 15.4. The lowest BCUT2D eigenvalue weighted by Crippen LogP contribution is -1.99. The number of hydrogen-bond donors (Lipinski definition) is 1. The SMILES string of the molecule is COc1cc(Cc2nc(C(=O)O)cs2)cc(OC)c1OC. The molecule has 0 radical (unpaired) electrons. The predicted molar refractivity (Wildman–Crippen MR) is 78.0 cm³/mol. The van der Waals surface area contributed by atoms with Gasteiger partial charge in [0.25, 0.3) is 0 Å². The summed E-state index contributed by atoms with van der Waals surface area (Å²) in [5.41, 5.74) is 0.957. The molecule has 0 fully saturated rings. The molecule has 0 aliphatic heterocycles. The largest absolute Gasteiger partial charge is 0.493 e. The summed E-state index contributed by atoms with van der Waals surface area (Å²) >= 11 is 1.30. The van der Waals surface area contributed by atoms with Gasteiger partial charge in [-0.25, -0.2) is 9.78 Å². The van der Waals surface area contributed by atoms with Crippen LogP contribution in [-0.4, -0.2) is 37.4 Å². The lowest BCUT2D eigenvalue weighted by atomic mass is 10.1. The standard InChI is InChI=1S/C14H15NO5S/c1-18-10-4-8(5-11(19-2)13(10)20-3)6-12-15-9(7-21-12)14(16)17/h4-5,7H,6H2,1-3H3,(H,16,17). The number of benzene rings is 1. The number of hydrogen-bond acceptors (Lipinski definition) is 6. The number of methoxy groups -OCH3 is 3. The number of aromatic carboxylic acids is 1. The van der Waals surface area contributed by atoms with Crippen LogP contribution in [0.4, 0.5) is 0 Å². The van der Waals surface area contributed by atoms with Crippen molar-refractivity contribution in [2.75, 3.05) is 21.3 Å². The first-order valence-corrected chi connectivity index (χ1v) is 6.93. The first kappa shape index (κ1) is 15.1. The van der Waals surface area contributed by atoms with E-state index < -0.39 is 5.97 Å². The molecule has 1 N–H and O–H groups in total. The van der Waals surface area contributed by atoms with Crippen LogP contribution in [0.5, 0.6) is 17.2 Å². The zero-order valence-electron chi connectivity index (χ0n) is 11.9. The van der Waals surface area contributed by atoms with Crippen molar-refractivity contribution in [3.8, 4) is 17.2 Å². The maximum atomic E-state index is 10.8. The number of aromatic nitrogens is 1. The molecule has 21 heavy (non-hydrogen) atoms. The van der Waals surface area contributed by atoms with Crippen molar-refractivity contribution in [2.24, 2.45) is 0 Å². The molecule has 0 saturated carbocycles. The highest BCUT2D eigenvalue weighted by atomic mass is 32.1. The van der Waals surface area contributed by atoms with Crippen LogP contribution in [0.3, 0.4) is 0 Å². The molecule has 6 nitrogen and oxygen atoms in total. The summed E-state index contributed by atoms with van der Waals surface area (Å²) in [4.78, 5) is 14.9. The Morgan fingerprint density at radius 1 is 1.19 bits per heavy atom. The Hall–Kier alpha value is -2.28. The lowest BCUT2D eigenvalue weighted by molar-refractivity contribution is 0.0691. The molecule has 2 aromatic rings. The first-order chi connectivity index (χ1) is 10.1. The van der Waals surface area contributed by atoms with Gasteiger partial charge in [-0.3, -0.25) is 0 Å². The minimum absolute atomic E-state index is 0.0578. The van der Waals surface area contributed by atoms with Crippen LogP contribution >= 0.6 is 11.3 Å². The predicted octanol–water partition coefficient (Wildman–Crippen LogP) is 2.46. The van der Waals surface area contributed by atoms with Crippen LogP contribution in [0.25, 0.3) is 0 Å². The quantitative estimate of drug-likeness (QED) is 0.883. The van der Waals surface area contributed by atoms with Gasteiger partial charge in [0, 0.05) is 11.8 Å². The smallest absolute Gasteiger partial charge is 0.355 e. The molecule has 0 aliphatic rings. The van der Waals surface area contributed by atoms with Crippen LogP contribution < -0.4 is 14.2 Å². The molecule has 0 aliphatic carbocycles. The Labute approximate surface area is 125 Å². The number of thiazole rings is 1. The second-order valence-corrected chi connectivity index (χ2v) is 5.08. The van der Waals surface area contributed by atoms with Crippen molar-refractivity contribution >= 4 is 17.3 Å². The van der Waals surface area contributed by atoms with Crippen molar-refractivity contribution in [3.05, 3.63) is 33.8 Å². The highest BCUT2D eigenvalue weighted by molar-refractivity contribution is 7.09. The highest BCUT2D eigenvalue weighted by Crippen LogP contribution is 2.38. The van der Waals surface area contributed by atoms with E-state index in [2.05, 4.69) is 4.98 Å². The van der Waals surface area contributed by atoms with Gasteiger partial charge < -0.3 is 19.3 Å². The van der Waals surface area contributed by atoms with Gasteiger partial charge in [0.1, 0.15) is 0 Å². The van der Waals surface area contributed by atoms with E-state index >= 15 is 0 Å². The summed E-state index contributed by atoms with van der Waals surface area (Å²) in [7, 11) is 4.64. The number of ether oxygens (including phenoxy) is 3. The zero-order valence-corrected chi connectivity index (χ0v) is 12.7. The van der Waals surface area contributed by atoms with Crippen LogP contribution in [0, 0.1) is 0 Å². The van der Waals surface area contributed by atoms with Crippen LogP contribution in [0.15, 0.2) is 17.5 Å². The highest BCUT2D eigenvalue weighted by Gasteiger charge is 2.15. The third-order valence-electron chi connectivity index (χ3n) is 2.85. The maximum Gasteiger partial charge on any atom is 0.355 e. The normalized spacial score (nSPS) is 10.2. The van der Waals surface area contributed by atoms with Crippen LogP contribution in [0.1, 0.15) is 21.1 Å². The van der Waals surface area contributed by atoms with Crippen molar-refractivity contribution in [3.63, 3.8) is 0 Å². The van der Waals surface area contributed by atoms with E-state index in [1.54, 1.807) is 21.3 Å². The fourth-order valence-corrected chi connectivity index (χ4v) is 2.70. The van der Waals surface area contributed by atoms with E-state index in [0.717, 1.165) is 5.56 Å². The molecule has 0 spiro atoms. The summed E-state index contributed by atoms with van der Waals surface area (Å²) in [6, 6.07) is 3.65. The van der Waals surface area contributed by atoms with Gasteiger partial charge in [0.05, 0.1) is 26.3 Å². The Bertz CT molecular complexity index is 628. The Morgan fingerprint density at radius 2 is 1.81 bits per heavy atom. The summed E-state index contributed by atoms with van der Waals surface area (Å²) in [6.07, 6.45) is 0.495. The number of carboxylic acid groups (broad SMARTS) is 1. The van der Waals surface area contributed by atoms with Crippen molar-refractivity contribution in [1.82, 2.24) is 4.98 Å². The number of carbonyl (C=O) groups is 1. The molecular weight excluding hydrogens is 294 g/mol. The van der Waals surface area contributed by atoms with E-state index in [-0.39, 0.29) is 5.69 Å². The summed E-state index contributed by atoms with van der Waals surface area (Å²) in [5, 5.41) is 11.1. The molecule has 1 aromatic carbocycles. The van der Waals surface area contributed by atoms with Crippen LogP contribution in [-0.2, 0) is 6.42 Å². The molecule has 0 unspecified atom stereocenters. The van der Waals surface area contributed by atoms with E-state index in [1.165, 1.54) is 16.7 Å². The average Bonchev–Trinajstić information content (AvgIpc) is 2.94. The van der Waals surface area contributed by atoms with Gasteiger partial charge in [-0.05, 0) is 17.7 Å². The number of carboxylic acids is 1. The lowest BCUT2D eigenvalue weighted by Gasteiger charge is -2.13. The van der Waals surface area contributed by atoms with E-state index in [4.69, 9.17) is 19.3 Å². The molecule has 1 heterocycles. The monoisotopic (exact) mass is 309 g/mol. The van der Waals surface area contributed by atoms with E-state index in [9.17, 15) is 4.79 Å². The average molecular weight is 309 g/mol. The minimum atomic E-state index is -1.03. The van der Waals surface area contributed by atoms with Crippen LogP contribution in [0.2, 0.25) is 0 Å². The van der Waals surface area contributed by atoms with Gasteiger partial charge >= 0.3 is 5.97 Å². The Kier molecular flexibility index (Phi) is 4.64. The third kappa shape index (κ3) is 3.25. The maximum absolute atomic E-state index is 10.8. The topological polar surface area (TPSA) is 77.9 Å². The van der Waals surface area contributed by atoms with E-state index in [0.29, 0.717) is 28.7 Å². The summed E-state index contributed by atoms with van der Waals surface area (Å²) < 4.78 is 15.8. The van der Waals surface area contributed by atoms with Gasteiger partial charge in [0.2, 0.25) is 5.75 Å². The van der Waals surface area contributed by atoms with E-state index in [1.807, 2.05) is 12.1 Å².